The number of hydrogen-bond donors (Lipinski definition) is 0. The third-order valence-corrected chi connectivity index (χ3v) is 2.47. The largest absolute Gasteiger partial charge is 0.302 e. The minimum Gasteiger partial charge on any atom is -0.302 e. The molecule has 0 saturated carbocycles. The number of aromatic nitrogens is 1. The normalized spacial score (nSPS) is 17.5. The van der Waals surface area contributed by atoms with E-state index in [0.717, 1.165) is 25.3 Å². The summed E-state index contributed by atoms with van der Waals surface area (Å²) in [6.45, 7) is 1.85. The average Bonchev–Trinajstić information content (AvgIpc) is 2.18. The van der Waals surface area contributed by atoms with E-state index in [-0.39, 0.29) is 6.04 Å². The molecule has 0 aromatic carbocycles. The fourth-order valence-electron chi connectivity index (χ4n) is 1.68. The Morgan fingerprint density at radius 2 is 2.36 bits per heavy atom. The highest BCUT2D eigenvalue weighted by Crippen LogP contribution is 2.17. The quantitative estimate of drug-likeness (QED) is 0.647. The fourth-order valence-corrected chi connectivity index (χ4v) is 1.68. The van der Waals surface area contributed by atoms with Crippen LogP contribution in [0.4, 0.5) is 5.82 Å². The lowest BCUT2D eigenvalue weighted by Crippen LogP contribution is -2.57. The lowest BCUT2D eigenvalue weighted by molar-refractivity contribution is -0.108. The van der Waals surface area contributed by atoms with Crippen LogP contribution in [0.5, 0.6) is 0 Å². The molecule has 1 amide bonds. The van der Waals surface area contributed by atoms with Gasteiger partial charge in [-0.3, -0.25) is 9.69 Å². The number of rotatable bonds is 3. The number of likely N-dealkylation sites (tertiary alicyclic amines) is 1. The zero-order valence-corrected chi connectivity index (χ0v) is 8.13. The summed E-state index contributed by atoms with van der Waals surface area (Å²) in [5.74, 6) is 0.737. The molecule has 74 valence electrons. The van der Waals surface area contributed by atoms with Crippen molar-refractivity contribution in [1.29, 1.82) is 0 Å². The highest BCUT2D eigenvalue weighted by molar-refractivity contribution is 5.74. The van der Waals surface area contributed by atoms with E-state index in [2.05, 4.69) is 9.88 Å². The van der Waals surface area contributed by atoms with E-state index in [1.807, 2.05) is 25.2 Å². The van der Waals surface area contributed by atoms with Gasteiger partial charge in [0.05, 0.1) is 6.04 Å². The van der Waals surface area contributed by atoms with Gasteiger partial charge in [0.2, 0.25) is 6.41 Å². The Morgan fingerprint density at radius 3 is 2.86 bits per heavy atom. The summed E-state index contributed by atoms with van der Waals surface area (Å²) in [6.07, 6.45) is 2.56. The number of anilines is 1. The Hall–Kier alpha value is -1.42. The minimum absolute atomic E-state index is 0.285. The molecule has 2 rings (SSSR count). The van der Waals surface area contributed by atoms with E-state index in [1.54, 1.807) is 11.1 Å². The second-order valence-corrected chi connectivity index (χ2v) is 3.58. The summed E-state index contributed by atoms with van der Waals surface area (Å²) in [6, 6.07) is 5.88. The van der Waals surface area contributed by atoms with E-state index in [0.29, 0.717) is 0 Å². The summed E-state index contributed by atoms with van der Waals surface area (Å²) < 4.78 is 0. The number of amides is 1. The molecule has 1 aliphatic rings. The van der Waals surface area contributed by atoms with Crippen molar-refractivity contribution in [3.63, 3.8) is 0 Å². The molecule has 0 bridgehead atoms. The smallest absolute Gasteiger partial charge is 0.215 e. The van der Waals surface area contributed by atoms with Crippen LogP contribution in [0, 0.1) is 0 Å². The fraction of sp³-hybridized carbons (Fsp3) is 0.400. The third-order valence-electron chi connectivity index (χ3n) is 2.47. The molecule has 4 nitrogen and oxygen atoms in total. The van der Waals surface area contributed by atoms with Gasteiger partial charge in [0.25, 0.3) is 0 Å². The summed E-state index contributed by atoms with van der Waals surface area (Å²) in [5.41, 5.74) is 0. The van der Waals surface area contributed by atoms with E-state index >= 15 is 0 Å². The lowest BCUT2D eigenvalue weighted by atomic mass is 10.1. The first-order valence-corrected chi connectivity index (χ1v) is 4.64. The zero-order valence-electron chi connectivity index (χ0n) is 8.13. The first-order chi connectivity index (χ1) is 6.81. The molecule has 1 aromatic rings. The zero-order chi connectivity index (χ0) is 9.97. The maximum absolute atomic E-state index is 10.9. The van der Waals surface area contributed by atoms with Crippen molar-refractivity contribution in [3.05, 3.63) is 24.4 Å². The van der Waals surface area contributed by atoms with Crippen LogP contribution in [0.2, 0.25) is 0 Å². The van der Waals surface area contributed by atoms with E-state index in [9.17, 15) is 4.79 Å². The molecule has 1 aromatic heterocycles. The molecule has 0 radical (unpaired) electrons. The molecule has 14 heavy (non-hydrogen) atoms. The molecule has 1 saturated heterocycles. The molecule has 0 aliphatic carbocycles. The SMILES string of the molecule is CN1CC(N(C=O)c2ccccn2)C1. The van der Waals surface area contributed by atoms with Crippen molar-refractivity contribution >= 4 is 12.2 Å². The first-order valence-electron chi connectivity index (χ1n) is 4.64. The monoisotopic (exact) mass is 191 g/mol. The van der Waals surface area contributed by atoms with Gasteiger partial charge in [-0.05, 0) is 19.2 Å². The summed E-state index contributed by atoms with van der Waals surface area (Å²) in [5, 5.41) is 0. The average molecular weight is 191 g/mol. The number of nitrogens with zero attached hydrogens (tertiary/aromatic N) is 3. The summed E-state index contributed by atoms with van der Waals surface area (Å²) in [4.78, 5) is 18.9. The van der Waals surface area contributed by atoms with Crippen molar-refractivity contribution in [2.75, 3.05) is 25.0 Å². The molecule has 1 aliphatic heterocycles. The molecule has 2 heterocycles. The molecule has 4 heteroatoms. The number of carbonyl (C=O) groups is 1. The van der Waals surface area contributed by atoms with Gasteiger partial charge >= 0.3 is 0 Å². The van der Waals surface area contributed by atoms with E-state index < -0.39 is 0 Å². The second-order valence-electron chi connectivity index (χ2n) is 3.58. The Bertz CT molecular complexity index is 308. The third kappa shape index (κ3) is 1.61. The molecular formula is C10H13N3O. The number of likely N-dealkylation sites (N-methyl/N-ethyl adjacent to an activating group) is 1. The van der Waals surface area contributed by atoms with E-state index in [4.69, 9.17) is 0 Å². The van der Waals surface area contributed by atoms with Crippen LogP contribution in [-0.2, 0) is 4.79 Å². The van der Waals surface area contributed by atoms with Crippen molar-refractivity contribution in [3.8, 4) is 0 Å². The maximum atomic E-state index is 10.9. The van der Waals surface area contributed by atoms with Gasteiger partial charge < -0.3 is 4.90 Å². The Labute approximate surface area is 83.2 Å². The Balaban J connectivity index is 2.11. The molecular weight excluding hydrogens is 178 g/mol. The lowest BCUT2D eigenvalue weighted by Gasteiger charge is -2.41. The van der Waals surface area contributed by atoms with Crippen molar-refractivity contribution in [2.45, 2.75) is 6.04 Å². The first kappa shape index (κ1) is 9.15. The number of carbonyl (C=O) groups excluding carboxylic acids is 1. The van der Waals surface area contributed by atoms with Gasteiger partial charge in [0.15, 0.2) is 0 Å². The number of hydrogen-bond acceptors (Lipinski definition) is 3. The van der Waals surface area contributed by atoms with Gasteiger partial charge in [0.1, 0.15) is 5.82 Å². The predicted molar refractivity (Wildman–Crippen MR) is 54.1 cm³/mol. The summed E-state index contributed by atoms with van der Waals surface area (Å²) >= 11 is 0. The van der Waals surface area contributed by atoms with Crippen LogP contribution in [0.25, 0.3) is 0 Å². The standard InChI is InChI=1S/C10H13N3O/c1-12-6-9(7-12)13(8-14)10-4-2-3-5-11-10/h2-5,8-9H,6-7H2,1H3. The van der Waals surface area contributed by atoms with E-state index in [1.165, 1.54) is 0 Å². The molecule has 0 unspecified atom stereocenters. The van der Waals surface area contributed by atoms with Crippen LogP contribution < -0.4 is 4.90 Å². The summed E-state index contributed by atoms with van der Waals surface area (Å²) in [7, 11) is 2.04. The minimum atomic E-state index is 0.285. The van der Waals surface area contributed by atoms with Crippen LogP contribution in [0.15, 0.2) is 24.4 Å². The predicted octanol–water partition coefficient (Wildman–Crippen LogP) is 0.358. The Morgan fingerprint density at radius 1 is 1.57 bits per heavy atom. The van der Waals surface area contributed by atoms with Crippen molar-refractivity contribution < 1.29 is 4.79 Å². The molecule has 0 spiro atoms. The van der Waals surface area contributed by atoms with Crippen molar-refractivity contribution in [1.82, 2.24) is 9.88 Å². The van der Waals surface area contributed by atoms with Crippen LogP contribution in [-0.4, -0.2) is 42.5 Å². The second kappa shape index (κ2) is 3.75. The van der Waals surface area contributed by atoms with Gasteiger partial charge in [-0.2, -0.15) is 0 Å². The topological polar surface area (TPSA) is 36.4 Å². The van der Waals surface area contributed by atoms with Gasteiger partial charge in [-0.15, -0.1) is 0 Å². The Kier molecular flexibility index (Phi) is 2.45. The van der Waals surface area contributed by atoms with Crippen LogP contribution in [0.3, 0.4) is 0 Å². The van der Waals surface area contributed by atoms with Gasteiger partial charge in [0, 0.05) is 19.3 Å². The number of pyridine rings is 1. The maximum Gasteiger partial charge on any atom is 0.215 e. The van der Waals surface area contributed by atoms with Crippen molar-refractivity contribution in [2.24, 2.45) is 0 Å². The van der Waals surface area contributed by atoms with Gasteiger partial charge in [-0.1, -0.05) is 6.07 Å². The van der Waals surface area contributed by atoms with Crippen LogP contribution >= 0.6 is 0 Å². The molecule has 1 fully saturated rings. The highest BCUT2D eigenvalue weighted by atomic mass is 16.1. The van der Waals surface area contributed by atoms with Gasteiger partial charge in [-0.25, -0.2) is 4.98 Å². The highest BCUT2D eigenvalue weighted by Gasteiger charge is 2.29. The van der Waals surface area contributed by atoms with Crippen LogP contribution in [0.1, 0.15) is 0 Å². The molecule has 0 atom stereocenters. The molecule has 0 N–H and O–H groups in total.